The molecule has 2 fully saturated rings. The standard InChI is InChI=1S/C31H50O4/c1-22(12-15-27-23(2)13-14-25(4)29(27,5)6)10-8-17-31(21-34)28(11-9-19-32)26(24(3)20-33)16-18-30(31,7)35/h10,12,15,20,25,27-28,32,34-35H,2,8-9,11,13-14,16-19,21H2,1,3-7H3/b15-12+,22-10+,26-24+/t25-,27+,28+,30-,31+/m0/s1. The second kappa shape index (κ2) is 12.2. The van der Waals surface area contributed by atoms with Crippen LogP contribution in [-0.2, 0) is 4.79 Å². The molecule has 0 amide bonds. The van der Waals surface area contributed by atoms with Crippen molar-refractivity contribution in [1.82, 2.24) is 0 Å². The van der Waals surface area contributed by atoms with Crippen LogP contribution >= 0.6 is 0 Å². The molecule has 2 saturated carbocycles. The predicted octanol–water partition coefficient (Wildman–Crippen LogP) is 6.33. The van der Waals surface area contributed by atoms with Crippen molar-refractivity contribution >= 4 is 6.29 Å². The molecule has 2 aliphatic rings. The van der Waals surface area contributed by atoms with Gasteiger partial charge in [0.2, 0.25) is 0 Å². The van der Waals surface area contributed by atoms with Gasteiger partial charge in [-0.25, -0.2) is 0 Å². The Bertz CT molecular complexity index is 844. The van der Waals surface area contributed by atoms with E-state index in [1.807, 2.05) is 13.8 Å². The van der Waals surface area contributed by atoms with Crippen LogP contribution in [0.25, 0.3) is 0 Å². The molecule has 0 saturated heterocycles. The van der Waals surface area contributed by atoms with E-state index in [2.05, 4.69) is 52.5 Å². The summed E-state index contributed by atoms with van der Waals surface area (Å²) in [5, 5.41) is 31.7. The fraction of sp³-hybridized carbons (Fsp3) is 0.710. The summed E-state index contributed by atoms with van der Waals surface area (Å²) in [6.45, 7) is 17.0. The highest BCUT2D eigenvalue weighted by molar-refractivity contribution is 5.74. The molecule has 2 aliphatic carbocycles. The minimum absolute atomic E-state index is 0.0544. The normalized spacial score (nSPS) is 35.4. The average molecular weight is 487 g/mol. The highest BCUT2D eigenvalue weighted by Gasteiger charge is 2.55. The van der Waals surface area contributed by atoms with Crippen molar-refractivity contribution in [2.75, 3.05) is 13.2 Å². The zero-order valence-corrected chi connectivity index (χ0v) is 23.1. The molecule has 0 aromatic heterocycles. The molecule has 0 radical (unpaired) electrons. The average Bonchev–Trinajstić information content (AvgIpc) is 2.80. The number of hydrogen-bond acceptors (Lipinski definition) is 4. The van der Waals surface area contributed by atoms with Crippen LogP contribution in [0.15, 0.2) is 47.1 Å². The maximum absolute atomic E-state index is 11.6. The Morgan fingerprint density at radius 3 is 2.46 bits per heavy atom. The molecule has 4 heteroatoms. The fourth-order valence-corrected chi connectivity index (χ4v) is 6.63. The monoisotopic (exact) mass is 486 g/mol. The molecule has 4 nitrogen and oxygen atoms in total. The van der Waals surface area contributed by atoms with Crippen LogP contribution in [-0.4, -0.2) is 40.4 Å². The van der Waals surface area contributed by atoms with Gasteiger partial charge in [0.25, 0.3) is 0 Å². The Morgan fingerprint density at radius 2 is 1.86 bits per heavy atom. The third-order valence-corrected chi connectivity index (χ3v) is 9.68. The highest BCUT2D eigenvalue weighted by atomic mass is 16.3. The molecule has 5 atom stereocenters. The third-order valence-electron chi connectivity index (χ3n) is 9.68. The van der Waals surface area contributed by atoms with Gasteiger partial charge < -0.3 is 15.3 Å². The first-order chi connectivity index (χ1) is 16.4. The van der Waals surface area contributed by atoms with Gasteiger partial charge in [-0.3, -0.25) is 4.79 Å². The lowest BCUT2D eigenvalue weighted by atomic mass is 9.53. The summed E-state index contributed by atoms with van der Waals surface area (Å²) >= 11 is 0. The Morgan fingerprint density at radius 1 is 1.17 bits per heavy atom. The molecular weight excluding hydrogens is 436 g/mol. The van der Waals surface area contributed by atoms with Gasteiger partial charge in [0.05, 0.1) is 12.2 Å². The van der Waals surface area contributed by atoms with Gasteiger partial charge in [0.15, 0.2) is 0 Å². The van der Waals surface area contributed by atoms with Gasteiger partial charge in [-0.2, -0.15) is 0 Å². The molecule has 0 aliphatic heterocycles. The summed E-state index contributed by atoms with van der Waals surface area (Å²) in [5.74, 6) is 0.878. The summed E-state index contributed by atoms with van der Waals surface area (Å²) in [4.78, 5) is 11.6. The lowest BCUT2D eigenvalue weighted by Gasteiger charge is -2.54. The molecule has 0 bridgehead atoms. The summed E-state index contributed by atoms with van der Waals surface area (Å²) in [7, 11) is 0. The number of carbonyl (C=O) groups excluding carboxylic acids is 1. The first-order valence-corrected chi connectivity index (χ1v) is 13.5. The molecule has 0 heterocycles. The SMILES string of the molecule is C=C1CC[C@H](C)C(C)(C)[C@@H]1/C=C/C(C)=C/CC[C@@]1(CO)[C@H](CCCO)/C(=C(\C)C=O)CC[C@]1(C)O. The first kappa shape index (κ1) is 29.7. The maximum atomic E-state index is 11.6. The van der Waals surface area contributed by atoms with Crippen molar-refractivity contribution in [3.63, 3.8) is 0 Å². The lowest BCUT2D eigenvalue weighted by Crippen LogP contribution is -2.56. The zero-order valence-electron chi connectivity index (χ0n) is 23.1. The molecule has 3 N–H and O–H groups in total. The van der Waals surface area contributed by atoms with E-state index in [9.17, 15) is 20.1 Å². The molecule has 198 valence electrons. The number of rotatable bonds is 10. The van der Waals surface area contributed by atoms with Gasteiger partial charge in [-0.1, -0.05) is 62.3 Å². The van der Waals surface area contributed by atoms with E-state index in [4.69, 9.17) is 0 Å². The minimum Gasteiger partial charge on any atom is -0.396 e. The van der Waals surface area contributed by atoms with Gasteiger partial charge >= 0.3 is 0 Å². The van der Waals surface area contributed by atoms with Gasteiger partial charge in [-0.15, -0.1) is 0 Å². The second-order valence-corrected chi connectivity index (χ2v) is 12.1. The van der Waals surface area contributed by atoms with Crippen LogP contribution in [0.1, 0.15) is 92.9 Å². The summed E-state index contributed by atoms with van der Waals surface area (Å²) < 4.78 is 0. The molecular formula is C31H50O4. The Hall–Kier alpha value is -1.49. The van der Waals surface area contributed by atoms with Crippen LogP contribution in [0.4, 0.5) is 0 Å². The molecule has 35 heavy (non-hydrogen) atoms. The van der Waals surface area contributed by atoms with Crippen molar-refractivity contribution in [2.45, 2.75) is 98.5 Å². The quantitative estimate of drug-likeness (QED) is 0.146. The maximum Gasteiger partial charge on any atom is 0.145 e. The van der Waals surface area contributed by atoms with E-state index in [0.717, 1.165) is 24.7 Å². The van der Waals surface area contributed by atoms with Gasteiger partial charge in [0, 0.05) is 17.9 Å². The van der Waals surface area contributed by atoms with Crippen LogP contribution in [0.5, 0.6) is 0 Å². The van der Waals surface area contributed by atoms with Crippen LogP contribution < -0.4 is 0 Å². The summed E-state index contributed by atoms with van der Waals surface area (Å²) in [6.07, 6.45) is 13.6. The Labute approximate surface area is 213 Å². The van der Waals surface area contributed by atoms with Gasteiger partial charge in [0.1, 0.15) is 6.29 Å². The van der Waals surface area contributed by atoms with Gasteiger partial charge in [-0.05, 0) is 95.0 Å². The number of allylic oxidation sites excluding steroid dienone is 7. The van der Waals surface area contributed by atoms with Crippen molar-refractivity contribution in [3.05, 3.63) is 47.1 Å². The highest BCUT2D eigenvalue weighted by Crippen LogP contribution is 2.55. The van der Waals surface area contributed by atoms with E-state index < -0.39 is 11.0 Å². The van der Waals surface area contributed by atoms with Crippen molar-refractivity contribution in [2.24, 2.45) is 28.6 Å². The summed E-state index contributed by atoms with van der Waals surface area (Å²) in [6, 6.07) is 0. The van der Waals surface area contributed by atoms with Crippen LogP contribution in [0.2, 0.25) is 0 Å². The number of carbonyl (C=O) groups is 1. The molecule has 2 rings (SSSR count). The number of aliphatic hydroxyl groups is 3. The minimum atomic E-state index is -1.05. The van der Waals surface area contributed by atoms with Crippen LogP contribution in [0, 0.1) is 28.6 Å². The van der Waals surface area contributed by atoms with E-state index in [-0.39, 0.29) is 24.5 Å². The Kier molecular flexibility index (Phi) is 10.3. The fourth-order valence-electron chi connectivity index (χ4n) is 6.63. The van der Waals surface area contributed by atoms with Crippen LogP contribution in [0.3, 0.4) is 0 Å². The van der Waals surface area contributed by atoms with E-state index in [1.54, 1.807) is 0 Å². The zero-order chi connectivity index (χ0) is 26.4. The second-order valence-electron chi connectivity index (χ2n) is 12.1. The number of hydrogen-bond donors (Lipinski definition) is 3. The van der Waals surface area contributed by atoms with Crippen molar-refractivity contribution < 1.29 is 20.1 Å². The predicted molar refractivity (Wildman–Crippen MR) is 145 cm³/mol. The smallest absolute Gasteiger partial charge is 0.145 e. The molecule has 0 unspecified atom stereocenters. The largest absolute Gasteiger partial charge is 0.396 e. The van der Waals surface area contributed by atoms with E-state index in [0.29, 0.717) is 49.5 Å². The molecule has 0 aromatic carbocycles. The third kappa shape index (κ3) is 6.26. The summed E-state index contributed by atoms with van der Waals surface area (Å²) in [5.41, 5.74) is 2.59. The van der Waals surface area contributed by atoms with E-state index >= 15 is 0 Å². The topological polar surface area (TPSA) is 77.8 Å². The first-order valence-electron chi connectivity index (χ1n) is 13.5. The molecule has 0 aromatic rings. The van der Waals surface area contributed by atoms with Crippen molar-refractivity contribution in [3.8, 4) is 0 Å². The van der Waals surface area contributed by atoms with E-state index in [1.165, 1.54) is 17.6 Å². The Balaban J connectivity index is 2.27. The molecule has 0 spiro atoms. The van der Waals surface area contributed by atoms with Crippen molar-refractivity contribution in [1.29, 1.82) is 0 Å². The number of aldehydes is 1. The lowest BCUT2D eigenvalue weighted by molar-refractivity contribution is -0.146. The number of aliphatic hydroxyl groups excluding tert-OH is 2.